The third-order valence-corrected chi connectivity index (χ3v) is 4.04. The Morgan fingerprint density at radius 2 is 1.82 bits per heavy atom. The lowest BCUT2D eigenvalue weighted by Gasteiger charge is -2.10. The van der Waals surface area contributed by atoms with Gasteiger partial charge in [-0.05, 0) is 48.6 Å². The number of anilines is 1. The predicted molar refractivity (Wildman–Crippen MR) is 113 cm³/mol. The Morgan fingerprint density at radius 1 is 1.14 bits per heavy atom. The Morgan fingerprint density at radius 3 is 2.50 bits per heavy atom. The van der Waals surface area contributed by atoms with Crippen LogP contribution in [0.4, 0.5) is 5.69 Å². The van der Waals surface area contributed by atoms with Crippen molar-refractivity contribution in [2.24, 2.45) is 5.10 Å². The average Bonchev–Trinajstić information content (AvgIpc) is 2.66. The number of aromatic hydroxyl groups is 1. The lowest BCUT2D eigenvalue weighted by atomic mass is 10.3. The van der Waals surface area contributed by atoms with Gasteiger partial charge >= 0.3 is 5.69 Å². The number of halogens is 1. The number of nitrogens with zero attached hydrogens (tertiary/aromatic N) is 2. The zero-order valence-corrected chi connectivity index (χ0v) is 15.8. The molecule has 0 radical (unpaired) electrons. The highest BCUT2D eigenvalue weighted by atomic mass is 35.5. The number of aromatic nitrogens is 2. The molecular formula is C18H14ClN5O3S. The van der Waals surface area contributed by atoms with Crippen molar-refractivity contribution in [1.29, 1.82) is 0 Å². The van der Waals surface area contributed by atoms with Gasteiger partial charge in [-0.2, -0.15) is 5.10 Å². The Labute approximate surface area is 169 Å². The highest BCUT2D eigenvalue weighted by Crippen LogP contribution is 2.17. The monoisotopic (exact) mass is 415 g/mol. The quantitative estimate of drug-likeness (QED) is 0.295. The van der Waals surface area contributed by atoms with Gasteiger partial charge in [0.05, 0.1) is 11.9 Å². The number of benzene rings is 2. The first-order valence-corrected chi connectivity index (χ1v) is 8.73. The number of hydrogen-bond donors (Lipinski definition) is 4. The highest BCUT2D eigenvalue weighted by molar-refractivity contribution is 7.80. The largest absolute Gasteiger partial charge is 0.493 e. The van der Waals surface area contributed by atoms with E-state index < -0.39 is 17.1 Å². The van der Waals surface area contributed by atoms with Crippen LogP contribution >= 0.6 is 23.8 Å². The maximum atomic E-state index is 12.1. The number of para-hydroxylation sites is 1. The molecule has 28 heavy (non-hydrogen) atoms. The second kappa shape index (κ2) is 8.51. The summed E-state index contributed by atoms with van der Waals surface area (Å²) in [5, 5.41) is 17.8. The van der Waals surface area contributed by atoms with E-state index in [1.807, 2.05) is 30.3 Å². The average molecular weight is 416 g/mol. The van der Waals surface area contributed by atoms with Gasteiger partial charge in [-0.25, -0.2) is 9.36 Å². The molecule has 1 aromatic heterocycles. The molecule has 4 N–H and O–H groups in total. The summed E-state index contributed by atoms with van der Waals surface area (Å²) in [6.07, 6.45) is 1.07. The van der Waals surface area contributed by atoms with E-state index in [2.05, 4.69) is 20.8 Å². The molecule has 0 atom stereocenters. The third kappa shape index (κ3) is 4.45. The Hall–Kier alpha value is -3.43. The van der Waals surface area contributed by atoms with Gasteiger partial charge in [0.15, 0.2) is 5.11 Å². The van der Waals surface area contributed by atoms with Crippen LogP contribution in [0.1, 0.15) is 5.56 Å². The van der Waals surface area contributed by atoms with E-state index in [4.69, 9.17) is 23.8 Å². The van der Waals surface area contributed by atoms with Gasteiger partial charge in [-0.15, -0.1) is 0 Å². The van der Waals surface area contributed by atoms with Crippen molar-refractivity contribution in [3.63, 3.8) is 0 Å². The van der Waals surface area contributed by atoms with Gasteiger partial charge in [-0.1, -0.05) is 29.8 Å². The van der Waals surface area contributed by atoms with Crippen LogP contribution in [-0.2, 0) is 0 Å². The fraction of sp³-hybridized carbons (Fsp3) is 0. The number of thiocarbonyl (C=S) groups is 1. The molecule has 10 heteroatoms. The van der Waals surface area contributed by atoms with Gasteiger partial charge < -0.3 is 10.4 Å². The SMILES string of the molecule is O=c1[nH]c(=O)n(-c2ccc(Cl)cc2)c(O)c1/C=N/NC(=S)Nc1ccccc1. The molecule has 3 aromatic rings. The number of H-pyrrole nitrogens is 1. The van der Waals surface area contributed by atoms with Crippen LogP contribution in [0.2, 0.25) is 5.02 Å². The molecule has 0 spiro atoms. The molecule has 0 aliphatic rings. The smallest absolute Gasteiger partial charge is 0.335 e. The van der Waals surface area contributed by atoms with Crippen LogP contribution in [0, 0.1) is 0 Å². The summed E-state index contributed by atoms with van der Waals surface area (Å²) in [5.74, 6) is -0.566. The molecular weight excluding hydrogens is 402 g/mol. The zero-order valence-electron chi connectivity index (χ0n) is 14.2. The topological polar surface area (TPSA) is 112 Å². The van der Waals surface area contributed by atoms with Crippen molar-refractivity contribution in [2.45, 2.75) is 0 Å². The highest BCUT2D eigenvalue weighted by Gasteiger charge is 2.14. The fourth-order valence-corrected chi connectivity index (χ4v) is 2.62. The number of aromatic amines is 1. The van der Waals surface area contributed by atoms with E-state index in [1.165, 1.54) is 12.1 Å². The van der Waals surface area contributed by atoms with Crippen LogP contribution in [-0.4, -0.2) is 26.0 Å². The van der Waals surface area contributed by atoms with Gasteiger partial charge in [0.2, 0.25) is 5.88 Å². The number of hydrogen-bond acceptors (Lipinski definition) is 5. The first-order chi connectivity index (χ1) is 13.5. The maximum absolute atomic E-state index is 12.1. The van der Waals surface area contributed by atoms with Crippen molar-refractivity contribution < 1.29 is 5.11 Å². The summed E-state index contributed by atoms with van der Waals surface area (Å²) in [6, 6.07) is 15.3. The number of nitrogens with one attached hydrogen (secondary N) is 3. The Bertz CT molecular complexity index is 1140. The third-order valence-electron chi connectivity index (χ3n) is 3.60. The summed E-state index contributed by atoms with van der Waals surface area (Å²) in [5.41, 5.74) is 1.81. The fourth-order valence-electron chi connectivity index (χ4n) is 2.32. The molecule has 8 nitrogen and oxygen atoms in total. The minimum atomic E-state index is -0.795. The van der Waals surface area contributed by atoms with Crippen LogP contribution in [0.5, 0.6) is 5.88 Å². The molecule has 0 saturated heterocycles. The molecule has 0 bridgehead atoms. The Kier molecular flexibility index (Phi) is 5.87. The number of rotatable bonds is 4. The second-order valence-corrected chi connectivity index (χ2v) is 6.34. The normalized spacial score (nSPS) is 10.8. The minimum Gasteiger partial charge on any atom is -0.493 e. The molecule has 3 rings (SSSR count). The van der Waals surface area contributed by atoms with Crippen LogP contribution in [0.25, 0.3) is 5.69 Å². The summed E-state index contributed by atoms with van der Waals surface area (Å²) < 4.78 is 0.930. The van der Waals surface area contributed by atoms with Crippen molar-refractivity contribution in [2.75, 3.05) is 5.32 Å². The van der Waals surface area contributed by atoms with E-state index in [1.54, 1.807) is 12.1 Å². The second-order valence-electron chi connectivity index (χ2n) is 5.50. The van der Waals surface area contributed by atoms with E-state index in [0.29, 0.717) is 10.7 Å². The molecule has 0 amide bonds. The first kappa shape index (κ1) is 19.3. The first-order valence-electron chi connectivity index (χ1n) is 7.95. The summed E-state index contributed by atoms with van der Waals surface area (Å²) in [7, 11) is 0. The standard InChI is InChI=1S/C18H14ClN5O3S/c19-11-6-8-13(9-7-11)24-16(26)14(15(25)22-18(24)27)10-20-23-17(28)21-12-4-2-1-3-5-12/h1-10,26H,(H2,21,23,28)(H,22,25,27)/b20-10+. The molecule has 2 aromatic carbocycles. The van der Waals surface area contributed by atoms with Gasteiger partial charge in [0.25, 0.3) is 5.56 Å². The number of hydrazone groups is 1. The van der Waals surface area contributed by atoms with Crippen molar-refractivity contribution >= 4 is 40.8 Å². The van der Waals surface area contributed by atoms with Crippen molar-refractivity contribution in [3.8, 4) is 11.6 Å². The van der Waals surface area contributed by atoms with Crippen LogP contribution < -0.4 is 22.0 Å². The molecule has 0 fully saturated rings. The maximum Gasteiger partial charge on any atom is 0.335 e. The molecule has 0 aliphatic heterocycles. The summed E-state index contributed by atoms with van der Waals surface area (Å²) in [4.78, 5) is 26.3. The van der Waals surface area contributed by atoms with Gasteiger partial charge in [-0.3, -0.25) is 15.2 Å². The van der Waals surface area contributed by atoms with Crippen LogP contribution in [0.15, 0.2) is 69.3 Å². The molecule has 0 saturated carbocycles. The van der Waals surface area contributed by atoms with E-state index in [9.17, 15) is 14.7 Å². The predicted octanol–water partition coefficient (Wildman–Crippen LogP) is 2.21. The van der Waals surface area contributed by atoms with Gasteiger partial charge in [0.1, 0.15) is 5.56 Å². The van der Waals surface area contributed by atoms with Crippen LogP contribution in [0.3, 0.4) is 0 Å². The molecule has 1 heterocycles. The van der Waals surface area contributed by atoms with Crippen molar-refractivity contribution in [1.82, 2.24) is 15.0 Å². The van der Waals surface area contributed by atoms with E-state index in [-0.39, 0.29) is 10.7 Å². The van der Waals surface area contributed by atoms with E-state index >= 15 is 0 Å². The Balaban J connectivity index is 1.84. The minimum absolute atomic E-state index is 0.185. The van der Waals surface area contributed by atoms with Gasteiger partial charge in [0, 0.05) is 10.7 Å². The molecule has 0 unspecified atom stereocenters. The lowest BCUT2D eigenvalue weighted by molar-refractivity contribution is 0.430. The summed E-state index contributed by atoms with van der Waals surface area (Å²) in [6.45, 7) is 0. The zero-order chi connectivity index (χ0) is 20.1. The molecule has 142 valence electrons. The lowest BCUT2D eigenvalue weighted by Crippen LogP contribution is -2.31. The molecule has 0 aliphatic carbocycles. The van der Waals surface area contributed by atoms with E-state index in [0.717, 1.165) is 16.5 Å². The summed E-state index contributed by atoms with van der Waals surface area (Å²) >= 11 is 10.9. The van der Waals surface area contributed by atoms with Crippen molar-refractivity contribution in [3.05, 3.63) is 86.0 Å².